The molecule has 0 radical (unpaired) electrons. The number of benzene rings is 1. The Morgan fingerprint density at radius 3 is 2.65 bits per heavy atom. The van der Waals surface area contributed by atoms with Gasteiger partial charge in [-0.05, 0) is 31.0 Å². The van der Waals surface area contributed by atoms with E-state index in [0.29, 0.717) is 18.1 Å². The van der Waals surface area contributed by atoms with Gasteiger partial charge in [-0.1, -0.05) is 25.5 Å². The highest BCUT2D eigenvalue weighted by Crippen LogP contribution is 2.37. The van der Waals surface area contributed by atoms with Crippen molar-refractivity contribution in [1.29, 1.82) is 0 Å². The molecule has 0 bridgehead atoms. The van der Waals surface area contributed by atoms with Crippen molar-refractivity contribution in [2.45, 2.75) is 32.7 Å². The lowest BCUT2D eigenvalue weighted by Gasteiger charge is -2.16. The number of carbonyl (C=O) groups is 1. The number of aromatic nitrogens is 2. The SMILES string of the molecule is CCCC(Nc1nc(C)nc2scc(-c3ccc(OC)cc3)c12)C(=O)O. The van der Waals surface area contributed by atoms with Crippen molar-refractivity contribution in [3.05, 3.63) is 35.5 Å². The molecule has 0 aliphatic carbocycles. The molecule has 7 heteroatoms. The summed E-state index contributed by atoms with van der Waals surface area (Å²) < 4.78 is 5.22. The molecule has 1 aromatic carbocycles. The molecular formula is C19H21N3O3S. The maximum Gasteiger partial charge on any atom is 0.326 e. The molecule has 3 rings (SSSR count). The fourth-order valence-electron chi connectivity index (χ4n) is 2.85. The number of methoxy groups -OCH3 is 1. The van der Waals surface area contributed by atoms with E-state index >= 15 is 0 Å². The molecule has 0 amide bonds. The standard InChI is InChI=1S/C19H21N3O3S/c1-4-5-15(19(23)24)22-17-16-14(10-26-18(16)21-11(2)20-17)12-6-8-13(25-3)9-7-12/h6-10,15H,4-5H2,1-3H3,(H,23,24)(H,20,21,22). The van der Waals surface area contributed by atoms with Crippen molar-refractivity contribution >= 4 is 33.3 Å². The van der Waals surface area contributed by atoms with Gasteiger partial charge in [0.2, 0.25) is 0 Å². The van der Waals surface area contributed by atoms with E-state index in [1.807, 2.05) is 43.5 Å². The number of fused-ring (bicyclic) bond motifs is 1. The van der Waals surface area contributed by atoms with Crippen molar-refractivity contribution in [3.63, 3.8) is 0 Å². The van der Waals surface area contributed by atoms with E-state index in [1.165, 1.54) is 11.3 Å². The van der Waals surface area contributed by atoms with Crippen LogP contribution in [0.5, 0.6) is 5.75 Å². The monoisotopic (exact) mass is 371 g/mol. The number of anilines is 1. The summed E-state index contributed by atoms with van der Waals surface area (Å²) in [7, 11) is 1.63. The lowest BCUT2D eigenvalue weighted by atomic mass is 10.1. The van der Waals surface area contributed by atoms with E-state index < -0.39 is 12.0 Å². The molecule has 1 unspecified atom stereocenters. The molecule has 2 aromatic heterocycles. The predicted octanol–water partition coefficient (Wildman–Crippen LogP) is 4.34. The second kappa shape index (κ2) is 7.70. The first-order chi connectivity index (χ1) is 12.5. The first-order valence-electron chi connectivity index (χ1n) is 8.43. The van der Waals surface area contributed by atoms with Crippen molar-refractivity contribution in [3.8, 4) is 16.9 Å². The molecule has 0 fully saturated rings. The van der Waals surface area contributed by atoms with Crippen LogP contribution in [0.4, 0.5) is 5.82 Å². The molecule has 0 saturated heterocycles. The first kappa shape index (κ1) is 18.1. The number of hydrogen-bond acceptors (Lipinski definition) is 6. The lowest BCUT2D eigenvalue weighted by molar-refractivity contribution is -0.138. The Bertz CT molecular complexity index is 922. The summed E-state index contributed by atoms with van der Waals surface area (Å²) >= 11 is 1.53. The van der Waals surface area contributed by atoms with E-state index in [-0.39, 0.29) is 0 Å². The summed E-state index contributed by atoms with van der Waals surface area (Å²) in [6, 6.07) is 7.08. The van der Waals surface area contributed by atoms with Gasteiger partial charge in [0, 0.05) is 10.9 Å². The maximum absolute atomic E-state index is 11.6. The van der Waals surface area contributed by atoms with Gasteiger partial charge in [-0.2, -0.15) is 0 Å². The largest absolute Gasteiger partial charge is 0.497 e. The number of hydrogen-bond donors (Lipinski definition) is 2. The van der Waals surface area contributed by atoms with E-state index in [1.54, 1.807) is 7.11 Å². The third kappa shape index (κ3) is 3.62. The van der Waals surface area contributed by atoms with Crippen LogP contribution >= 0.6 is 11.3 Å². The summed E-state index contributed by atoms with van der Waals surface area (Å²) in [6.45, 7) is 3.78. The fourth-order valence-corrected chi connectivity index (χ4v) is 3.84. The average Bonchev–Trinajstić information content (AvgIpc) is 3.05. The molecule has 6 nitrogen and oxygen atoms in total. The van der Waals surface area contributed by atoms with E-state index in [4.69, 9.17) is 4.74 Å². The average molecular weight is 371 g/mol. The van der Waals surface area contributed by atoms with Gasteiger partial charge >= 0.3 is 5.97 Å². The van der Waals surface area contributed by atoms with Gasteiger partial charge in [0.05, 0.1) is 12.5 Å². The minimum absolute atomic E-state index is 0.530. The number of aliphatic carboxylic acids is 1. The first-order valence-corrected chi connectivity index (χ1v) is 9.31. The summed E-state index contributed by atoms with van der Waals surface area (Å²) in [5.74, 6) is 1.09. The van der Waals surface area contributed by atoms with Gasteiger partial charge in [-0.3, -0.25) is 0 Å². The number of carboxylic acids is 1. The van der Waals surface area contributed by atoms with E-state index in [0.717, 1.165) is 33.5 Å². The topological polar surface area (TPSA) is 84.3 Å². The molecule has 1 atom stereocenters. The molecule has 3 aromatic rings. The third-order valence-electron chi connectivity index (χ3n) is 4.13. The molecule has 2 heterocycles. The van der Waals surface area contributed by atoms with Crippen LogP contribution in [-0.2, 0) is 4.79 Å². The van der Waals surface area contributed by atoms with Crippen LogP contribution in [0.2, 0.25) is 0 Å². The third-order valence-corrected chi connectivity index (χ3v) is 5.01. The summed E-state index contributed by atoms with van der Waals surface area (Å²) in [5, 5.41) is 15.5. The fraction of sp³-hybridized carbons (Fsp3) is 0.316. The second-order valence-corrected chi connectivity index (χ2v) is 6.86. The Labute approximate surface area is 155 Å². The number of ether oxygens (including phenoxy) is 1. The van der Waals surface area contributed by atoms with Gasteiger partial charge in [0.25, 0.3) is 0 Å². The zero-order chi connectivity index (χ0) is 18.7. The predicted molar refractivity (Wildman–Crippen MR) is 104 cm³/mol. The number of nitrogens with zero attached hydrogens (tertiary/aromatic N) is 2. The van der Waals surface area contributed by atoms with Crippen molar-refractivity contribution in [1.82, 2.24) is 9.97 Å². The van der Waals surface area contributed by atoms with Gasteiger partial charge in [-0.25, -0.2) is 14.8 Å². The number of nitrogens with one attached hydrogen (secondary N) is 1. The highest BCUT2D eigenvalue weighted by molar-refractivity contribution is 7.17. The van der Waals surface area contributed by atoms with Crippen LogP contribution in [0.25, 0.3) is 21.3 Å². The van der Waals surface area contributed by atoms with Crippen molar-refractivity contribution in [2.75, 3.05) is 12.4 Å². The van der Waals surface area contributed by atoms with Crippen LogP contribution in [0, 0.1) is 6.92 Å². The molecule has 2 N–H and O–H groups in total. The van der Waals surface area contributed by atoms with Gasteiger partial charge in [-0.15, -0.1) is 11.3 Å². The molecule has 136 valence electrons. The van der Waals surface area contributed by atoms with Gasteiger partial charge in [0.1, 0.15) is 28.3 Å². The summed E-state index contributed by atoms with van der Waals surface area (Å²) in [5.41, 5.74) is 1.99. The zero-order valence-electron chi connectivity index (χ0n) is 14.9. The van der Waals surface area contributed by atoms with E-state index in [9.17, 15) is 9.90 Å². The minimum Gasteiger partial charge on any atom is -0.497 e. The molecule has 0 spiro atoms. The van der Waals surface area contributed by atoms with Crippen molar-refractivity contribution in [2.24, 2.45) is 0 Å². The van der Waals surface area contributed by atoms with Crippen LogP contribution in [0.1, 0.15) is 25.6 Å². The van der Waals surface area contributed by atoms with Crippen LogP contribution in [-0.4, -0.2) is 34.2 Å². The molecule has 26 heavy (non-hydrogen) atoms. The Morgan fingerprint density at radius 1 is 1.31 bits per heavy atom. The second-order valence-electron chi connectivity index (χ2n) is 6.00. The zero-order valence-corrected chi connectivity index (χ0v) is 15.8. The molecule has 0 aliphatic rings. The Balaban J connectivity index is 2.09. The molecule has 0 saturated carbocycles. The Hall–Kier alpha value is -2.67. The maximum atomic E-state index is 11.6. The summed E-state index contributed by atoms with van der Waals surface area (Å²) in [6.07, 6.45) is 1.30. The highest BCUT2D eigenvalue weighted by Gasteiger charge is 2.21. The molecular weight excluding hydrogens is 350 g/mol. The smallest absolute Gasteiger partial charge is 0.326 e. The Morgan fingerprint density at radius 2 is 2.04 bits per heavy atom. The number of carboxylic acid groups (broad SMARTS) is 1. The lowest BCUT2D eigenvalue weighted by Crippen LogP contribution is -2.29. The van der Waals surface area contributed by atoms with Crippen LogP contribution in [0.3, 0.4) is 0 Å². The summed E-state index contributed by atoms with van der Waals surface area (Å²) in [4.78, 5) is 21.4. The molecule has 0 aliphatic heterocycles. The number of rotatable bonds is 7. The highest BCUT2D eigenvalue weighted by atomic mass is 32.1. The quantitative estimate of drug-likeness (QED) is 0.643. The van der Waals surface area contributed by atoms with Crippen LogP contribution < -0.4 is 10.1 Å². The van der Waals surface area contributed by atoms with E-state index in [2.05, 4.69) is 15.3 Å². The normalized spacial score (nSPS) is 12.1. The number of aryl methyl sites for hydroxylation is 1. The minimum atomic E-state index is -0.877. The Kier molecular flexibility index (Phi) is 5.37. The number of thiophene rings is 1. The van der Waals surface area contributed by atoms with Gasteiger partial charge < -0.3 is 15.2 Å². The van der Waals surface area contributed by atoms with Crippen molar-refractivity contribution < 1.29 is 14.6 Å². The van der Waals surface area contributed by atoms with Gasteiger partial charge in [0.15, 0.2) is 0 Å². The van der Waals surface area contributed by atoms with Crippen LogP contribution in [0.15, 0.2) is 29.6 Å².